The first-order valence-corrected chi connectivity index (χ1v) is 9.69. The van der Waals surface area contributed by atoms with Crippen molar-refractivity contribution in [2.24, 2.45) is 5.92 Å². The average molecular weight is 355 g/mol. The maximum atomic E-state index is 6.24. The summed E-state index contributed by atoms with van der Waals surface area (Å²) >= 11 is 0. The molecule has 2 atom stereocenters. The standard InChI is InChI=1S/C25H25NO/c1-18(12-13-20-8-4-3-5-9-20)19(2)27-22-14-15-24-23-11-7-6-10-21(23)17-26-25(24)16-22/h3-11,14-19H,12-13H2,1-2H3. The molecule has 136 valence electrons. The van der Waals surface area contributed by atoms with E-state index in [0.717, 1.165) is 24.1 Å². The topological polar surface area (TPSA) is 22.1 Å². The molecule has 0 aliphatic rings. The van der Waals surface area contributed by atoms with Gasteiger partial charge >= 0.3 is 0 Å². The van der Waals surface area contributed by atoms with Crippen LogP contribution in [0.15, 0.2) is 79.0 Å². The normalized spacial score (nSPS) is 13.6. The molecule has 0 aliphatic heterocycles. The zero-order chi connectivity index (χ0) is 18.6. The number of ether oxygens (including phenoxy) is 1. The van der Waals surface area contributed by atoms with Crippen molar-refractivity contribution in [1.82, 2.24) is 4.98 Å². The molecule has 27 heavy (non-hydrogen) atoms. The molecule has 2 nitrogen and oxygen atoms in total. The molecular weight excluding hydrogens is 330 g/mol. The highest BCUT2D eigenvalue weighted by Crippen LogP contribution is 2.28. The summed E-state index contributed by atoms with van der Waals surface area (Å²) in [6, 6.07) is 25.3. The fourth-order valence-corrected chi connectivity index (χ4v) is 3.52. The van der Waals surface area contributed by atoms with Gasteiger partial charge in [0.15, 0.2) is 0 Å². The van der Waals surface area contributed by atoms with E-state index in [4.69, 9.17) is 4.74 Å². The highest BCUT2D eigenvalue weighted by Gasteiger charge is 2.14. The van der Waals surface area contributed by atoms with Gasteiger partial charge in [-0.1, -0.05) is 61.5 Å². The molecule has 0 amide bonds. The fraction of sp³-hybridized carbons (Fsp3) is 0.240. The predicted octanol–water partition coefficient (Wildman–Crippen LogP) is 6.42. The summed E-state index contributed by atoms with van der Waals surface area (Å²) < 4.78 is 6.24. The Morgan fingerprint density at radius 3 is 2.48 bits per heavy atom. The lowest BCUT2D eigenvalue weighted by Crippen LogP contribution is -2.21. The summed E-state index contributed by atoms with van der Waals surface area (Å²) in [6.07, 6.45) is 4.29. The lowest BCUT2D eigenvalue weighted by molar-refractivity contribution is 0.155. The molecule has 0 N–H and O–H groups in total. The van der Waals surface area contributed by atoms with Crippen LogP contribution >= 0.6 is 0 Å². The Morgan fingerprint density at radius 1 is 0.852 bits per heavy atom. The quantitative estimate of drug-likeness (QED) is 0.372. The second-order valence-corrected chi connectivity index (χ2v) is 7.35. The number of pyridine rings is 1. The number of fused-ring (bicyclic) bond motifs is 3. The molecule has 2 unspecified atom stereocenters. The molecule has 2 heteroatoms. The van der Waals surface area contributed by atoms with Crippen molar-refractivity contribution in [3.05, 3.63) is 84.6 Å². The first-order chi connectivity index (χ1) is 13.2. The van der Waals surface area contributed by atoms with Crippen LogP contribution < -0.4 is 4.74 Å². The van der Waals surface area contributed by atoms with Crippen LogP contribution in [0.3, 0.4) is 0 Å². The number of aromatic nitrogens is 1. The number of benzene rings is 3. The minimum Gasteiger partial charge on any atom is -0.490 e. The van der Waals surface area contributed by atoms with E-state index in [-0.39, 0.29) is 6.10 Å². The Morgan fingerprint density at radius 2 is 1.63 bits per heavy atom. The Kier molecular flexibility index (Phi) is 5.06. The van der Waals surface area contributed by atoms with Gasteiger partial charge in [0, 0.05) is 23.0 Å². The van der Waals surface area contributed by atoms with Crippen molar-refractivity contribution in [3.63, 3.8) is 0 Å². The van der Waals surface area contributed by atoms with Gasteiger partial charge in [0.1, 0.15) is 5.75 Å². The molecule has 0 saturated carbocycles. The second kappa shape index (κ2) is 7.79. The summed E-state index contributed by atoms with van der Waals surface area (Å²) in [5.74, 6) is 1.37. The summed E-state index contributed by atoms with van der Waals surface area (Å²) in [5.41, 5.74) is 2.37. The van der Waals surface area contributed by atoms with E-state index in [0.29, 0.717) is 5.92 Å². The third-order valence-electron chi connectivity index (χ3n) is 5.42. The highest BCUT2D eigenvalue weighted by atomic mass is 16.5. The van der Waals surface area contributed by atoms with Gasteiger partial charge in [-0.2, -0.15) is 0 Å². The van der Waals surface area contributed by atoms with Gasteiger partial charge in [0.2, 0.25) is 0 Å². The van der Waals surface area contributed by atoms with E-state index < -0.39 is 0 Å². The van der Waals surface area contributed by atoms with Gasteiger partial charge in [-0.3, -0.25) is 4.98 Å². The molecule has 0 bridgehead atoms. The summed E-state index contributed by atoms with van der Waals surface area (Å²) in [4.78, 5) is 4.62. The van der Waals surface area contributed by atoms with Crippen molar-refractivity contribution >= 4 is 21.7 Å². The molecule has 4 rings (SSSR count). The summed E-state index contributed by atoms with van der Waals surface area (Å²) in [6.45, 7) is 4.42. The molecule has 1 aromatic heterocycles. The zero-order valence-corrected chi connectivity index (χ0v) is 15.9. The van der Waals surface area contributed by atoms with Crippen LogP contribution in [0.4, 0.5) is 0 Å². The van der Waals surface area contributed by atoms with Gasteiger partial charge in [0.05, 0.1) is 11.6 Å². The fourth-order valence-electron chi connectivity index (χ4n) is 3.52. The predicted molar refractivity (Wildman–Crippen MR) is 113 cm³/mol. The lowest BCUT2D eigenvalue weighted by atomic mass is 9.97. The molecule has 0 fully saturated rings. The van der Waals surface area contributed by atoms with Gasteiger partial charge in [0.25, 0.3) is 0 Å². The third-order valence-corrected chi connectivity index (χ3v) is 5.42. The Labute approximate surface area is 160 Å². The van der Waals surface area contributed by atoms with E-state index in [1.165, 1.54) is 21.7 Å². The van der Waals surface area contributed by atoms with E-state index in [1.807, 2.05) is 12.3 Å². The zero-order valence-electron chi connectivity index (χ0n) is 15.9. The number of aryl methyl sites for hydroxylation is 1. The monoisotopic (exact) mass is 355 g/mol. The first-order valence-electron chi connectivity index (χ1n) is 9.69. The van der Waals surface area contributed by atoms with Gasteiger partial charge in [-0.15, -0.1) is 0 Å². The van der Waals surface area contributed by atoms with Crippen molar-refractivity contribution in [1.29, 1.82) is 0 Å². The molecule has 1 heterocycles. The number of hydrogen-bond acceptors (Lipinski definition) is 2. The van der Waals surface area contributed by atoms with E-state index in [9.17, 15) is 0 Å². The number of hydrogen-bond donors (Lipinski definition) is 0. The maximum Gasteiger partial charge on any atom is 0.121 e. The summed E-state index contributed by atoms with van der Waals surface area (Å²) in [7, 11) is 0. The largest absolute Gasteiger partial charge is 0.490 e. The van der Waals surface area contributed by atoms with Crippen molar-refractivity contribution in [2.45, 2.75) is 32.8 Å². The van der Waals surface area contributed by atoms with Gasteiger partial charge in [-0.25, -0.2) is 0 Å². The number of rotatable bonds is 6. The molecular formula is C25H25NO. The SMILES string of the molecule is CC(CCc1ccccc1)C(C)Oc1ccc2c(c1)ncc1ccccc12. The lowest BCUT2D eigenvalue weighted by Gasteiger charge is -2.22. The number of nitrogens with zero attached hydrogens (tertiary/aromatic N) is 1. The van der Waals surface area contributed by atoms with Crippen molar-refractivity contribution in [2.75, 3.05) is 0 Å². The van der Waals surface area contributed by atoms with Crippen molar-refractivity contribution in [3.8, 4) is 5.75 Å². The van der Waals surface area contributed by atoms with Crippen molar-refractivity contribution < 1.29 is 4.74 Å². The second-order valence-electron chi connectivity index (χ2n) is 7.35. The maximum absolute atomic E-state index is 6.24. The molecule has 4 aromatic rings. The van der Waals surface area contributed by atoms with Crippen LogP contribution in [0, 0.1) is 5.92 Å². The molecule has 0 radical (unpaired) electrons. The molecule has 0 aliphatic carbocycles. The van der Waals surface area contributed by atoms with Crippen LogP contribution in [0.5, 0.6) is 5.75 Å². The van der Waals surface area contributed by atoms with Gasteiger partial charge in [-0.05, 0) is 48.8 Å². The van der Waals surface area contributed by atoms with E-state index in [1.54, 1.807) is 0 Å². The Hall–Kier alpha value is -2.87. The highest BCUT2D eigenvalue weighted by molar-refractivity contribution is 6.05. The van der Waals surface area contributed by atoms with Crippen LogP contribution in [0.1, 0.15) is 25.8 Å². The Bertz CT molecular complexity index is 1040. The molecule has 3 aromatic carbocycles. The molecule has 0 spiro atoms. The average Bonchev–Trinajstić information content (AvgIpc) is 2.72. The summed E-state index contributed by atoms with van der Waals surface area (Å²) in [5, 5.41) is 3.57. The van der Waals surface area contributed by atoms with Crippen LogP contribution in [-0.4, -0.2) is 11.1 Å². The van der Waals surface area contributed by atoms with E-state index in [2.05, 4.69) is 85.6 Å². The smallest absolute Gasteiger partial charge is 0.121 e. The third kappa shape index (κ3) is 3.95. The Balaban J connectivity index is 1.46. The van der Waals surface area contributed by atoms with Crippen LogP contribution in [0.2, 0.25) is 0 Å². The molecule has 0 saturated heterocycles. The van der Waals surface area contributed by atoms with E-state index >= 15 is 0 Å². The first kappa shape index (κ1) is 17.5. The minimum atomic E-state index is 0.159. The van der Waals surface area contributed by atoms with Gasteiger partial charge < -0.3 is 4.74 Å². The minimum absolute atomic E-state index is 0.159. The van der Waals surface area contributed by atoms with Crippen LogP contribution in [-0.2, 0) is 6.42 Å². The van der Waals surface area contributed by atoms with Crippen LogP contribution in [0.25, 0.3) is 21.7 Å².